The molecule has 0 saturated heterocycles. The second-order valence-electron chi connectivity index (χ2n) is 4.59. The van der Waals surface area contributed by atoms with Crippen LogP contribution in [0.1, 0.15) is 13.3 Å². The van der Waals surface area contributed by atoms with E-state index in [0.717, 1.165) is 17.8 Å². The first-order chi connectivity index (χ1) is 10.1. The number of hydrogen-bond acceptors (Lipinski definition) is 5. The maximum Gasteiger partial charge on any atom is 0.142 e. The van der Waals surface area contributed by atoms with Gasteiger partial charge in [0.2, 0.25) is 0 Å². The summed E-state index contributed by atoms with van der Waals surface area (Å²) < 4.78 is 0. The fraction of sp³-hybridized carbons (Fsp3) is 0.312. The third-order valence-electron chi connectivity index (χ3n) is 2.86. The minimum absolute atomic E-state index is 0.202. The van der Waals surface area contributed by atoms with Gasteiger partial charge in [0.15, 0.2) is 0 Å². The van der Waals surface area contributed by atoms with Crippen molar-refractivity contribution in [1.82, 2.24) is 5.32 Å². The summed E-state index contributed by atoms with van der Waals surface area (Å²) in [5.74, 6) is 0.202. The van der Waals surface area contributed by atoms with Crippen LogP contribution in [0.2, 0.25) is 0 Å². The number of allylic oxidation sites excluding steroid dienone is 3. The molecule has 114 valence electrons. The first-order valence-electron chi connectivity index (χ1n) is 6.86. The highest BCUT2D eigenvalue weighted by atomic mass is 16.3. The molecule has 0 fully saturated rings. The summed E-state index contributed by atoms with van der Waals surface area (Å²) in [5, 5.41) is 22.0. The Morgan fingerprint density at radius 2 is 2.10 bits per heavy atom. The molecule has 1 aromatic rings. The average Bonchev–Trinajstić information content (AvgIpc) is 2.46. The SMILES string of the molecule is CN/C=C\C=C/C/C(C)=N/N(C)c1ccc(NC)cc1O. The number of anilines is 2. The maximum absolute atomic E-state index is 10.00. The first kappa shape index (κ1) is 16.6. The van der Waals surface area contributed by atoms with E-state index in [1.807, 2.05) is 64.6 Å². The molecule has 0 spiro atoms. The molecule has 0 radical (unpaired) electrons. The molecule has 5 heteroatoms. The van der Waals surface area contributed by atoms with Gasteiger partial charge in [0.05, 0.1) is 0 Å². The lowest BCUT2D eigenvalue weighted by atomic mass is 10.2. The molecule has 0 aliphatic carbocycles. The smallest absolute Gasteiger partial charge is 0.142 e. The molecular formula is C16H24N4O. The standard InChI is InChI=1S/C16H24N4O/c1-13(8-6-5-7-11-17-2)19-20(4)15-10-9-14(18-3)12-16(15)21/h5-7,9-12,17-18,21H,8H2,1-4H3/b6-5-,11-7-,19-13+. The molecule has 1 rings (SSSR count). The van der Waals surface area contributed by atoms with E-state index in [9.17, 15) is 5.11 Å². The summed E-state index contributed by atoms with van der Waals surface area (Å²) in [5.41, 5.74) is 2.50. The molecule has 0 saturated carbocycles. The van der Waals surface area contributed by atoms with Gasteiger partial charge < -0.3 is 15.7 Å². The highest BCUT2D eigenvalue weighted by Crippen LogP contribution is 2.29. The number of hydrogen-bond donors (Lipinski definition) is 3. The Kier molecular flexibility index (Phi) is 6.87. The second-order valence-corrected chi connectivity index (χ2v) is 4.59. The van der Waals surface area contributed by atoms with Gasteiger partial charge in [-0.3, -0.25) is 5.01 Å². The van der Waals surface area contributed by atoms with E-state index >= 15 is 0 Å². The van der Waals surface area contributed by atoms with E-state index in [1.54, 1.807) is 11.1 Å². The van der Waals surface area contributed by atoms with Gasteiger partial charge in [-0.2, -0.15) is 5.10 Å². The predicted octanol–water partition coefficient (Wildman–Crippen LogP) is 2.93. The number of rotatable bonds is 7. The summed E-state index contributed by atoms with van der Waals surface area (Å²) in [6.45, 7) is 1.96. The Labute approximate surface area is 126 Å². The number of benzene rings is 1. The van der Waals surface area contributed by atoms with E-state index in [0.29, 0.717) is 5.69 Å². The number of phenolic OH excluding ortho intramolecular Hbond substituents is 1. The number of phenols is 1. The van der Waals surface area contributed by atoms with Crippen LogP contribution in [-0.4, -0.2) is 32.0 Å². The van der Waals surface area contributed by atoms with E-state index in [4.69, 9.17) is 0 Å². The lowest BCUT2D eigenvalue weighted by Crippen LogP contribution is -2.11. The highest BCUT2D eigenvalue weighted by molar-refractivity contribution is 5.84. The molecule has 0 aliphatic heterocycles. The number of nitrogens with one attached hydrogen (secondary N) is 2. The molecule has 0 unspecified atom stereocenters. The van der Waals surface area contributed by atoms with Crippen LogP contribution in [-0.2, 0) is 0 Å². The summed E-state index contributed by atoms with van der Waals surface area (Å²) in [6.07, 6.45) is 8.54. The molecule has 21 heavy (non-hydrogen) atoms. The molecule has 3 N–H and O–H groups in total. The second kappa shape index (κ2) is 8.68. The van der Waals surface area contributed by atoms with Crippen LogP contribution in [0, 0.1) is 0 Å². The van der Waals surface area contributed by atoms with Crippen molar-refractivity contribution in [2.75, 3.05) is 31.5 Å². The Balaban J connectivity index is 2.70. The third kappa shape index (κ3) is 5.60. The van der Waals surface area contributed by atoms with Crippen molar-refractivity contribution in [3.63, 3.8) is 0 Å². The van der Waals surface area contributed by atoms with Crippen LogP contribution < -0.4 is 15.6 Å². The molecular weight excluding hydrogens is 264 g/mol. The van der Waals surface area contributed by atoms with Crippen LogP contribution in [0.15, 0.2) is 47.7 Å². The quantitative estimate of drug-likeness (QED) is 0.410. The van der Waals surface area contributed by atoms with Gasteiger partial charge in [-0.25, -0.2) is 0 Å². The van der Waals surface area contributed by atoms with Crippen molar-refractivity contribution < 1.29 is 5.11 Å². The highest BCUT2D eigenvalue weighted by Gasteiger charge is 2.06. The van der Waals surface area contributed by atoms with Crippen LogP contribution in [0.25, 0.3) is 0 Å². The van der Waals surface area contributed by atoms with Crippen LogP contribution >= 0.6 is 0 Å². The Bertz CT molecular complexity index is 535. The Morgan fingerprint density at radius 3 is 2.71 bits per heavy atom. The van der Waals surface area contributed by atoms with Crippen LogP contribution in [0.5, 0.6) is 5.75 Å². The molecule has 1 aromatic carbocycles. The predicted molar refractivity (Wildman–Crippen MR) is 91.1 cm³/mol. The summed E-state index contributed by atoms with van der Waals surface area (Å²) in [6, 6.07) is 5.42. The van der Waals surface area contributed by atoms with Crippen molar-refractivity contribution in [2.45, 2.75) is 13.3 Å². The number of nitrogens with zero attached hydrogens (tertiary/aromatic N) is 2. The Hall–Kier alpha value is -2.43. The lowest BCUT2D eigenvalue weighted by Gasteiger charge is -2.16. The zero-order chi connectivity index (χ0) is 15.7. The molecule has 0 amide bonds. The van der Waals surface area contributed by atoms with Crippen LogP contribution in [0.4, 0.5) is 11.4 Å². The molecule has 0 heterocycles. The van der Waals surface area contributed by atoms with Crippen molar-refractivity contribution in [3.05, 3.63) is 42.6 Å². The summed E-state index contributed by atoms with van der Waals surface area (Å²) >= 11 is 0. The van der Waals surface area contributed by atoms with Gasteiger partial charge in [0.25, 0.3) is 0 Å². The van der Waals surface area contributed by atoms with Gasteiger partial charge in [-0.1, -0.05) is 12.2 Å². The molecule has 0 bridgehead atoms. The minimum Gasteiger partial charge on any atom is -0.506 e. The summed E-state index contributed by atoms with van der Waals surface area (Å²) in [4.78, 5) is 0. The fourth-order valence-corrected chi connectivity index (χ4v) is 1.77. The lowest BCUT2D eigenvalue weighted by molar-refractivity contribution is 0.475. The van der Waals surface area contributed by atoms with Gasteiger partial charge in [-0.15, -0.1) is 0 Å². The topological polar surface area (TPSA) is 59.9 Å². The van der Waals surface area contributed by atoms with E-state index in [-0.39, 0.29) is 5.75 Å². The fourth-order valence-electron chi connectivity index (χ4n) is 1.77. The number of aromatic hydroxyl groups is 1. The van der Waals surface area contributed by atoms with Crippen molar-refractivity contribution >= 4 is 17.1 Å². The summed E-state index contributed by atoms with van der Waals surface area (Å²) in [7, 11) is 5.50. The molecule has 0 atom stereocenters. The van der Waals surface area contributed by atoms with Crippen LogP contribution in [0.3, 0.4) is 0 Å². The monoisotopic (exact) mass is 288 g/mol. The molecule has 0 aliphatic rings. The molecule has 5 nitrogen and oxygen atoms in total. The van der Waals surface area contributed by atoms with Crippen molar-refractivity contribution in [3.8, 4) is 5.75 Å². The first-order valence-corrected chi connectivity index (χ1v) is 6.86. The average molecular weight is 288 g/mol. The van der Waals surface area contributed by atoms with E-state index < -0.39 is 0 Å². The number of hydrazone groups is 1. The van der Waals surface area contributed by atoms with Gasteiger partial charge in [-0.05, 0) is 31.3 Å². The zero-order valence-electron chi connectivity index (χ0n) is 13.1. The zero-order valence-corrected chi connectivity index (χ0v) is 13.1. The van der Waals surface area contributed by atoms with Gasteiger partial charge in [0, 0.05) is 45.0 Å². The molecule has 0 aromatic heterocycles. The maximum atomic E-state index is 10.00. The minimum atomic E-state index is 0.202. The Morgan fingerprint density at radius 1 is 1.33 bits per heavy atom. The van der Waals surface area contributed by atoms with Crippen molar-refractivity contribution in [1.29, 1.82) is 0 Å². The van der Waals surface area contributed by atoms with Gasteiger partial charge in [0.1, 0.15) is 11.4 Å². The van der Waals surface area contributed by atoms with Gasteiger partial charge >= 0.3 is 0 Å². The largest absolute Gasteiger partial charge is 0.506 e. The van der Waals surface area contributed by atoms with E-state index in [2.05, 4.69) is 15.7 Å². The normalized spacial score (nSPS) is 12.1. The van der Waals surface area contributed by atoms with E-state index in [1.165, 1.54) is 0 Å². The third-order valence-corrected chi connectivity index (χ3v) is 2.86. The van der Waals surface area contributed by atoms with Crippen molar-refractivity contribution in [2.24, 2.45) is 5.10 Å².